The highest BCUT2D eigenvalue weighted by molar-refractivity contribution is 5.77. The summed E-state index contributed by atoms with van der Waals surface area (Å²) >= 11 is 0. The molecule has 0 aliphatic carbocycles. The van der Waals surface area contributed by atoms with Crippen LogP contribution in [-0.2, 0) is 6.54 Å². The van der Waals surface area contributed by atoms with E-state index in [9.17, 15) is 5.11 Å². The van der Waals surface area contributed by atoms with Crippen molar-refractivity contribution in [1.82, 2.24) is 25.2 Å². The maximum Gasteiger partial charge on any atom is 0.253 e. The van der Waals surface area contributed by atoms with E-state index in [4.69, 9.17) is 8.94 Å². The fourth-order valence-corrected chi connectivity index (χ4v) is 3.85. The Morgan fingerprint density at radius 2 is 2.00 bits per heavy atom. The molecule has 0 spiro atoms. The third-order valence-corrected chi connectivity index (χ3v) is 5.30. The summed E-state index contributed by atoms with van der Waals surface area (Å²) < 4.78 is 11.4. The normalized spacial score (nSPS) is 19.5. The van der Waals surface area contributed by atoms with Gasteiger partial charge in [0.15, 0.2) is 0 Å². The lowest BCUT2D eigenvalue weighted by atomic mass is 10.1. The van der Waals surface area contributed by atoms with Crippen LogP contribution in [0.4, 0.5) is 0 Å². The summed E-state index contributed by atoms with van der Waals surface area (Å²) in [6, 6.07) is 10.2. The molecule has 29 heavy (non-hydrogen) atoms. The lowest BCUT2D eigenvalue weighted by Crippen LogP contribution is -2.53. The van der Waals surface area contributed by atoms with Gasteiger partial charge in [-0.3, -0.25) is 9.80 Å². The quantitative estimate of drug-likeness (QED) is 0.679. The lowest BCUT2D eigenvalue weighted by Gasteiger charge is -2.39. The smallest absolute Gasteiger partial charge is 0.253 e. The fourth-order valence-electron chi connectivity index (χ4n) is 3.85. The Hall–Kier alpha value is -2.55. The monoisotopic (exact) mass is 397 g/mol. The molecule has 4 rings (SSSR count). The van der Waals surface area contributed by atoms with Crippen LogP contribution in [0.5, 0.6) is 0 Å². The summed E-state index contributed by atoms with van der Waals surface area (Å²) in [6.45, 7) is 9.87. The number of aliphatic hydroxyl groups excluding tert-OH is 1. The van der Waals surface area contributed by atoms with Crippen molar-refractivity contribution in [3.05, 3.63) is 42.0 Å². The maximum absolute atomic E-state index is 9.64. The zero-order valence-corrected chi connectivity index (χ0v) is 17.1. The Kier molecular flexibility index (Phi) is 5.75. The van der Waals surface area contributed by atoms with Crippen LogP contribution in [0, 0.1) is 6.92 Å². The van der Waals surface area contributed by atoms with Crippen molar-refractivity contribution in [2.75, 3.05) is 26.2 Å². The molecule has 1 N–H and O–H groups in total. The third kappa shape index (κ3) is 4.39. The Morgan fingerprint density at radius 3 is 2.72 bits per heavy atom. The van der Waals surface area contributed by atoms with E-state index in [0.29, 0.717) is 42.4 Å². The van der Waals surface area contributed by atoms with Gasteiger partial charge in [0.25, 0.3) is 5.89 Å². The van der Waals surface area contributed by atoms with E-state index in [2.05, 4.69) is 32.1 Å². The molecule has 2 aromatic heterocycles. The first kappa shape index (κ1) is 19.8. The Morgan fingerprint density at radius 1 is 1.21 bits per heavy atom. The zero-order chi connectivity index (χ0) is 20.4. The van der Waals surface area contributed by atoms with Gasteiger partial charge in [-0.25, -0.2) is 0 Å². The number of aromatic nitrogens is 3. The van der Waals surface area contributed by atoms with E-state index >= 15 is 0 Å². The minimum absolute atomic E-state index is 0.312. The standard InChI is InChI=1S/C21H27N5O3/c1-14-11-25(9-10-26(14)12-15(2)27)13-18-22-23-21(28-18)19-16(3)29-24-20(19)17-7-5-4-6-8-17/h4-8,14-15,27H,9-13H2,1-3H3. The first-order valence-electron chi connectivity index (χ1n) is 10.00. The van der Waals surface area contributed by atoms with E-state index in [1.165, 1.54) is 0 Å². The molecule has 0 amide bonds. The van der Waals surface area contributed by atoms with Crippen LogP contribution in [0.25, 0.3) is 22.7 Å². The van der Waals surface area contributed by atoms with Gasteiger partial charge in [-0.1, -0.05) is 35.5 Å². The van der Waals surface area contributed by atoms with Crippen molar-refractivity contribution in [3.63, 3.8) is 0 Å². The Bertz CT molecular complexity index is 937. The van der Waals surface area contributed by atoms with Gasteiger partial charge in [0.1, 0.15) is 17.0 Å². The van der Waals surface area contributed by atoms with Gasteiger partial charge < -0.3 is 14.0 Å². The molecule has 1 aliphatic rings. The second-order valence-electron chi connectivity index (χ2n) is 7.76. The molecule has 154 valence electrons. The average Bonchev–Trinajstić information content (AvgIpc) is 3.30. The molecule has 0 saturated carbocycles. The fraction of sp³-hybridized carbons (Fsp3) is 0.476. The van der Waals surface area contributed by atoms with Gasteiger partial charge in [-0.05, 0) is 20.8 Å². The van der Waals surface area contributed by atoms with Crippen LogP contribution in [0.1, 0.15) is 25.5 Å². The van der Waals surface area contributed by atoms with Crippen LogP contribution in [-0.4, -0.2) is 68.6 Å². The summed E-state index contributed by atoms with van der Waals surface area (Å²) in [7, 11) is 0. The zero-order valence-electron chi connectivity index (χ0n) is 17.1. The first-order chi connectivity index (χ1) is 14.0. The summed E-state index contributed by atoms with van der Waals surface area (Å²) in [6.07, 6.45) is -0.312. The minimum Gasteiger partial charge on any atom is -0.419 e. The molecule has 3 aromatic rings. The van der Waals surface area contributed by atoms with E-state index in [0.717, 1.165) is 30.8 Å². The molecule has 1 fully saturated rings. The number of aryl methyl sites for hydroxylation is 1. The van der Waals surface area contributed by atoms with Gasteiger partial charge in [0.2, 0.25) is 5.89 Å². The van der Waals surface area contributed by atoms with Gasteiger partial charge in [0.05, 0.1) is 12.6 Å². The summed E-state index contributed by atoms with van der Waals surface area (Å²) in [5, 5.41) is 22.3. The molecule has 2 unspecified atom stereocenters. The highest BCUT2D eigenvalue weighted by Crippen LogP contribution is 2.33. The first-order valence-corrected chi connectivity index (χ1v) is 10.00. The molecule has 0 radical (unpaired) electrons. The van der Waals surface area contributed by atoms with Crippen LogP contribution < -0.4 is 0 Å². The number of piperazine rings is 1. The van der Waals surface area contributed by atoms with Crippen molar-refractivity contribution in [2.24, 2.45) is 0 Å². The van der Waals surface area contributed by atoms with Crippen molar-refractivity contribution in [2.45, 2.75) is 39.5 Å². The number of aliphatic hydroxyl groups is 1. The second-order valence-corrected chi connectivity index (χ2v) is 7.76. The molecule has 2 atom stereocenters. The summed E-state index contributed by atoms with van der Waals surface area (Å²) in [4.78, 5) is 4.62. The highest BCUT2D eigenvalue weighted by Gasteiger charge is 2.26. The predicted octanol–water partition coefficient (Wildman–Crippen LogP) is 2.59. The maximum atomic E-state index is 9.64. The average molecular weight is 397 g/mol. The van der Waals surface area contributed by atoms with Gasteiger partial charge in [0, 0.05) is 37.8 Å². The van der Waals surface area contributed by atoms with Gasteiger partial charge in [-0.2, -0.15) is 0 Å². The van der Waals surface area contributed by atoms with Crippen molar-refractivity contribution in [1.29, 1.82) is 0 Å². The Labute approximate surface area is 170 Å². The summed E-state index contributed by atoms with van der Waals surface area (Å²) in [5.41, 5.74) is 2.39. The van der Waals surface area contributed by atoms with E-state index in [1.807, 2.05) is 44.2 Å². The van der Waals surface area contributed by atoms with Gasteiger partial charge >= 0.3 is 0 Å². The van der Waals surface area contributed by atoms with Crippen LogP contribution in [0.15, 0.2) is 39.3 Å². The number of hydrogen-bond donors (Lipinski definition) is 1. The number of benzene rings is 1. The van der Waals surface area contributed by atoms with Crippen molar-refractivity contribution < 1.29 is 14.0 Å². The number of β-amino-alcohol motifs (C(OH)–C–C–N with tert-alkyl or cyclic N) is 1. The van der Waals surface area contributed by atoms with E-state index in [-0.39, 0.29) is 6.10 Å². The molecule has 1 saturated heterocycles. The number of hydrogen-bond acceptors (Lipinski definition) is 8. The summed E-state index contributed by atoms with van der Waals surface area (Å²) in [5.74, 6) is 1.66. The second kappa shape index (κ2) is 8.44. The largest absolute Gasteiger partial charge is 0.419 e. The van der Waals surface area contributed by atoms with E-state index < -0.39 is 0 Å². The molecule has 8 nitrogen and oxygen atoms in total. The number of nitrogens with zero attached hydrogens (tertiary/aromatic N) is 5. The van der Waals surface area contributed by atoms with E-state index in [1.54, 1.807) is 0 Å². The van der Waals surface area contributed by atoms with Crippen molar-refractivity contribution >= 4 is 0 Å². The SMILES string of the molecule is Cc1onc(-c2ccccc2)c1-c1nnc(CN2CCN(CC(C)O)C(C)C2)o1. The van der Waals surface area contributed by atoms with Crippen LogP contribution in [0.2, 0.25) is 0 Å². The third-order valence-electron chi connectivity index (χ3n) is 5.30. The lowest BCUT2D eigenvalue weighted by molar-refractivity contribution is 0.0393. The minimum atomic E-state index is -0.312. The molecule has 0 bridgehead atoms. The molecular weight excluding hydrogens is 370 g/mol. The molecule has 3 heterocycles. The molecule has 1 aliphatic heterocycles. The van der Waals surface area contributed by atoms with Crippen molar-refractivity contribution in [3.8, 4) is 22.7 Å². The molecule has 1 aromatic carbocycles. The van der Waals surface area contributed by atoms with Crippen LogP contribution in [0.3, 0.4) is 0 Å². The van der Waals surface area contributed by atoms with Crippen LogP contribution >= 0.6 is 0 Å². The number of rotatable bonds is 6. The molecular formula is C21H27N5O3. The highest BCUT2D eigenvalue weighted by atomic mass is 16.5. The predicted molar refractivity (Wildman–Crippen MR) is 108 cm³/mol. The van der Waals surface area contributed by atoms with Gasteiger partial charge in [-0.15, -0.1) is 10.2 Å². The topological polar surface area (TPSA) is 91.7 Å². The Balaban J connectivity index is 1.47. The molecule has 8 heteroatoms.